The minimum atomic E-state index is -1.24. The molecule has 0 radical (unpaired) electrons. The normalized spacial score (nSPS) is 13.8. The van der Waals surface area contributed by atoms with E-state index in [4.69, 9.17) is 0 Å². The predicted molar refractivity (Wildman–Crippen MR) is 71.6 cm³/mol. The first-order valence-electron chi connectivity index (χ1n) is 5.73. The van der Waals surface area contributed by atoms with Gasteiger partial charge in [0.2, 0.25) is 0 Å². The van der Waals surface area contributed by atoms with Crippen LogP contribution in [0.15, 0.2) is 34.8 Å². The Morgan fingerprint density at radius 1 is 0.810 bits per heavy atom. The highest BCUT2D eigenvalue weighted by atomic mass is 79.9. The van der Waals surface area contributed by atoms with Crippen molar-refractivity contribution < 1.29 is 22.8 Å². The van der Waals surface area contributed by atoms with E-state index < -0.39 is 29.3 Å². The van der Waals surface area contributed by atoms with Crippen molar-refractivity contribution in [2.24, 2.45) is 0 Å². The fourth-order valence-corrected chi connectivity index (χ4v) is 2.45. The molecule has 2 aromatic rings. The zero-order chi connectivity index (χ0) is 15.3. The third-order valence-electron chi connectivity index (χ3n) is 3.08. The van der Waals surface area contributed by atoms with E-state index in [1.807, 2.05) is 0 Å². The maximum absolute atomic E-state index is 13.9. The minimum absolute atomic E-state index is 0.273. The molecule has 106 valence electrons. The summed E-state index contributed by atoms with van der Waals surface area (Å²) < 4.78 is 40.7. The van der Waals surface area contributed by atoms with Crippen LogP contribution in [0.5, 0.6) is 0 Å². The monoisotopic (exact) mass is 355 g/mol. The number of amides is 2. The van der Waals surface area contributed by atoms with Crippen LogP contribution in [-0.2, 0) is 0 Å². The number of carbonyl (C=O) groups excluding carboxylic acids is 2. The van der Waals surface area contributed by atoms with Gasteiger partial charge in [0.05, 0.1) is 16.8 Å². The molecular weight excluding hydrogens is 351 g/mol. The number of benzene rings is 2. The van der Waals surface area contributed by atoms with Crippen molar-refractivity contribution in [3.05, 3.63) is 63.4 Å². The number of halogens is 4. The molecule has 0 bridgehead atoms. The zero-order valence-electron chi connectivity index (χ0n) is 10.2. The lowest BCUT2D eigenvalue weighted by atomic mass is 10.1. The Morgan fingerprint density at radius 2 is 1.33 bits per heavy atom. The van der Waals surface area contributed by atoms with Gasteiger partial charge >= 0.3 is 0 Å². The molecule has 0 spiro atoms. The van der Waals surface area contributed by atoms with Crippen LogP contribution in [0.2, 0.25) is 0 Å². The van der Waals surface area contributed by atoms with Gasteiger partial charge in [-0.05, 0) is 30.3 Å². The summed E-state index contributed by atoms with van der Waals surface area (Å²) in [6, 6.07) is 5.04. The summed E-state index contributed by atoms with van der Waals surface area (Å²) in [5.74, 6) is -5.08. The van der Waals surface area contributed by atoms with Gasteiger partial charge < -0.3 is 0 Å². The molecule has 0 aromatic heterocycles. The van der Waals surface area contributed by atoms with E-state index in [2.05, 4.69) is 15.9 Å². The quantitative estimate of drug-likeness (QED) is 0.732. The molecule has 3 rings (SSSR count). The van der Waals surface area contributed by atoms with E-state index in [1.165, 1.54) is 12.1 Å². The maximum Gasteiger partial charge on any atom is 0.266 e. The third kappa shape index (κ3) is 2.04. The highest BCUT2D eigenvalue weighted by Gasteiger charge is 2.39. The molecule has 0 aliphatic carbocycles. The number of anilines is 1. The van der Waals surface area contributed by atoms with Gasteiger partial charge in [-0.1, -0.05) is 15.9 Å². The highest BCUT2D eigenvalue weighted by Crippen LogP contribution is 2.32. The number of hydrogen-bond acceptors (Lipinski definition) is 2. The van der Waals surface area contributed by atoms with Crippen molar-refractivity contribution in [1.82, 2.24) is 0 Å². The van der Waals surface area contributed by atoms with Gasteiger partial charge in [0.25, 0.3) is 11.8 Å². The first-order valence-corrected chi connectivity index (χ1v) is 6.52. The molecular formula is C14H5BrF3NO2. The number of carbonyl (C=O) groups is 2. The molecule has 0 atom stereocenters. The van der Waals surface area contributed by atoms with Crippen LogP contribution in [0, 0.1) is 17.5 Å². The van der Waals surface area contributed by atoms with Crippen molar-refractivity contribution in [1.29, 1.82) is 0 Å². The van der Waals surface area contributed by atoms with Crippen LogP contribution in [0.1, 0.15) is 20.7 Å². The maximum atomic E-state index is 13.9. The Balaban J connectivity index is 2.16. The molecule has 2 amide bonds. The van der Waals surface area contributed by atoms with E-state index in [0.717, 1.165) is 6.07 Å². The lowest BCUT2D eigenvalue weighted by Gasteiger charge is -2.14. The second-order valence-electron chi connectivity index (χ2n) is 4.35. The lowest BCUT2D eigenvalue weighted by Crippen LogP contribution is -2.30. The van der Waals surface area contributed by atoms with Crippen LogP contribution in [0.3, 0.4) is 0 Å². The van der Waals surface area contributed by atoms with E-state index in [-0.39, 0.29) is 16.8 Å². The highest BCUT2D eigenvalue weighted by molar-refractivity contribution is 9.10. The van der Waals surface area contributed by atoms with Crippen molar-refractivity contribution in [2.45, 2.75) is 0 Å². The van der Waals surface area contributed by atoms with Gasteiger partial charge in [-0.2, -0.15) is 0 Å². The molecule has 7 heteroatoms. The fourth-order valence-electron chi connectivity index (χ4n) is 2.12. The molecule has 1 aliphatic heterocycles. The van der Waals surface area contributed by atoms with E-state index in [0.29, 0.717) is 21.5 Å². The van der Waals surface area contributed by atoms with Gasteiger partial charge in [0.1, 0.15) is 5.82 Å². The largest absolute Gasteiger partial charge is 0.268 e. The van der Waals surface area contributed by atoms with Crippen LogP contribution >= 0.6 is 15.9 Å². The van der Waals surface area contributed by atoms with E-state index in [9.17, 15) is 22.8 Å². The van der Waals surface area contributed by atoms with Crippen molar-refractivity contribution >= 4 is 33.4 Å². The lowest BCUT2D eigenvalue weighted by molar-refractivity contribution is 0.0924. The van der Waals surface area contributed by atoms with Crippen LogP contribution in [0.25, 0.3) is 0 Å². The zero-order valence-corrected chi connectivity index (χ0v) is 11.7. The van der Waals surface area contributed by atoms with E-state index in [1.54, 1.807) is 0 Å². The Morgan fingerprint density at radius 3 is 1.81 bits per heavy atom. The van der Waals surface area contributed by atoms with Gasteiger partial charge in [-0.25, -0.2) is 18.1 Å². The molecule has 0 saturated carbocycles. The smallest absolute Gasteiger partial charge is 0.266 e. The standard InChI is InChI=1S/C14H5BrF3NO2/c15-6-1-2-12(11(18)3-6)19-13(20)7-4-9(16)10(17)5-8(7)14(19)21/h1-5H. The summed E-state index contributed by atoms with van der Waals surface area (Å²) in [5.41, 5.74) is -0.854. The number of fused-ring (bicyclic) bond motifs is 1. The van der Waals surface area contributed by atoms with Crippen molar-refractivity contribution in [3.63, 3.8) is 0 Å². The summed E-state index contributed by atoms with van der Waals surface area (Å²) in [7, 11) is 0. The minimum Gasteiger partial charge on any atom is -0.268 e. The Bertz CT molecular complexity index is 766. The van der Waals surface area contributed by atoms with E-state index >= 15 is 0 Å². The third-order valence-corrected chi connectivity index (χ3v) is 3.57. The Labute approximate surface area is 125 Å². The molecule has 0 saturated heterocycles. The second-order valence-corrected chi connectivity index (χ2v) is 5.27. The van der Waals surface area contributed by atoms with Crippen molar-refractivity contribution in [3.8, 4) is 0 Å². The summed E-state index contributed by atoms with van der Waals surface area (Å²) in [4.78, 5) is 24.9. The molecule has 0 N–H and O–H groups in total. The molecule has 1 aliphatic rings. The summed E-state index contributed by atoms with van der Waals surface area (Å²) in [6.07, 6.45) is 0. The van der Waals surface area contributed by atoms with Gasteiger partial charge in [-0.15, -0.1) is 0 Å². The van der Waals surface area contributed by atoms with Crippen LogP contribution in [-0.4, -0.2) is 11.8 Å². The molecule has 0 fully saturated rings. The first kappa shape index (κ1) is 13.8. The number of nitrogens with zero attached hydrogens (tertiary/aromatic N) is 1. The van der Waals surface area contributed by atoms with Crippen LogP contribution in [0.4, 0.5) is 18.9 Å². The van der Waals surface area contributed by atoms with Crippen LogP contribution < -0.4 is 4.90 Å². The topological polar surface area (TPSA) is 37.4 Å². The Kier molecular flexibility index (Phi) is 3.09. The molecule has 0 unspecified atom stereocenters. The number of imide groups is 1. The summed E-state index contributed by atoms with van der Waals surface area (Å²) >= 11 is 3.05. The average Bonchev–Trinajstić information content (AvgIpc) is 2.64. The van der Waals surface area contributed by atoms with Gasteiger partial charge in [-0.3, -0.25) is 9.59 Å². The molecule has 3 nitrogen and oxygen atoms in total. The first-order chi connectivity index (χ1) is 9.90. The molecule has 21 heavy (non-hydrogen) atoms. The van der Waals surface area contributed by atoms with Crippen molar-refractivity contribution in [2.75, 3.05) is 4.90 Å². The summed E-state index contributed by atoms with van der Waals surface area (Å²) in [5, 5.41) is 0. The molecule has 1 heterocycles. The molecule has 2 aromatic carbocycles. The summed E-state index contributed by atoms with van der Waals surface area (Å²) in [6.45, 7) is 0. The second kappa shape index (κ2) is 4.70. The Hall–Kier alpha value is -2.15. The number of hydrogen-bond donors (Lipinski definition) is 0. The average molecular weight is 356 g/mol. The van der Waals surface area contributed by atoms with Gasteiger partial charge in [0.15, 0.2) is 11.6 Å². The SMILES string of the molecule is O=C1c2cc(F)c(F)cc2C(=O)N1c1ccc(Br)cc1F. The van der Waals surface area contributed by atoms with Gasteiger partial charge in [0, 0.05) is 4.47 Å². The predicted octanol–water partition coefficient (Wildman–Crippen LogP) is 3.67. The fraction of sp³-hybridized carbons (Fsp3) is 0. The number of rotatable bonds is 1.